The Morgan fingerprint density at radius 2 is 1.71 bits per heavy atom. The van der Waals surface area contributed by atoms with Crippen molar-refractivity contribution in [3.63, 3.8) is 0 Å². The second-order valence-corrected chi connectivity index (χ2v) is 11.4. The molecule has 4 bridgehead atoms. The number of aliphatic hydroxyl groups excluding tert-OH is 2. The molecule has 28 heavy (non-hydrogen) atoms. The van der Waals surface area contributed by atoms with Gasteiger partial charge in [-0.05, 0) is 55.1 Å². The van der Waals surface area contributed by atoms with Gasteiger partial charge in [-0.3, -0.25) is 4.18 Å². The molecule has 1 aromatic rings. The van der Waals surface area contributed by atoms with Crippen LogP contribution in [-0.2, 0) is 14.3 Å². The molecule has 0 aliphatic heterocycles. The van der Waals surface area contributed by atoms with Crippen molar-refractivity contribution in [2.45, 2.75) is 63.7 Å². The molecule has 5 nitrogen and oxygen atoms in total. The van der Waals surface area contributed by atoms with Crippen LogP contribution in [0.2, 0.25) is 0 Å². The standard InChI is InChI=1S/C22H30O5S/c1-12-6-8-15(9-7-12)28(25,26)27-18-19(23)21(3,4)16-11-14-10-13(2)17(16)22(14,5)20(18)24/h6-9,14,16-20,23-24H,2,10-11H2,1,3-5H3/t14-,16-,17+,18-,19-,20-,22+/m1/s1. The molecule has 0 spiro atoms. The van der Waals surface area contributed by atoms with E-state index in [1.165, 1.54) is 12.1 Å². The molecule has 3 saturated carbocycles. The van der Waals surface area contributed by atoms with E-state index in [0.29, 0.717) is 0 Å². The molecule has 4 rings (SSSR count). The summed E-state index contributed by atoms with van der Waals surface area (Å²) in [7, 11) is -4.12. The van der Waals surface area contributed by atoms with Crippen molar-refractivity contribution in [3.05, 3.63) is 42.0 Å². The van der Waals surface area contributed by atoms with Gasteiger partial charge in [-0.15, -0.1) is 0 Å². The van der Waals surface area contributed by atoms with E-state index >= 15 is 0 Å². The minimum atomic E-state index is -4.12. The van der Waals surface area contributed by atoms with Crippen molar-refractivity contribution in [3.8, 4) is 0 Å². The average molecular weight is 407 g/mol. The van der Waals surface area contributed by atoms with Crippen molar-refractivity contribution >= 4 is 10.1 Å². The number of rotatable bonds is 3. The zero-order chi connectivity index (χ0) is 20.6. The van der Waals surface area contributed by atoms with Crippen molar-refractivity contribution < 1.29 is 22.8 Å². The highest BCUT2D eigenvalue weighted by molar-refractivity contribution is 7.86. The van der Waals surface area contributed by atoms with Gasteiger partial charge in [0.15, 0.2) is 0 Å². The maximum absolute atomic E-state index is 12.9. The van der Waals surface area contributed by atoms with Crippen molar-refractivity contribution in [2.75, 3.05) is 0 Å². The minimum Gasteiger partial charge on any atom is -0.390 e. The highest BCUT2D eigenvalue weighted by Gasteiger charge is 2.69. The molecule has 154 valence electrons. The molecule has 2 N–H and O–H groups in total. The van der Waals surface area contributed by atoms with Crippen LogP contribution in [0.5, 0.6) is 0 Å². The Hall–Kier alpha value is -1.21. The Morgan fingerprint density at radius 3 is 2.32 bits per heavy atom. The molecule has 0 radical (unpaired) electrons. The van der Waals surface area contributed by atoms with Crippen molar-refractivity contribution in [2.24, 2.45) is 28.6 Å². The Bertz CT molecular complexity index is 903. The third-order valence-electron chi connectivity index (χ3n) is 7.96. The third kappa shape index (κ3) is 2.58. The number of benzene rings is 1. The van der Waals surface area contributed by atoms with E-state index in [9.17, 15) is 18.6 Å². The number of hydrogen-bond acceptors (Lipinski definition) is 5. The zero-order valence-corrected chi connectivity index (χ0v) is 17.7. The number of allylic oxidation sites excluding steroid dienone is 1. The van der Waals surface area contributed by atoms with E-state index in [-0.39, 0.29) is 22.6 Å². The van der Waals surface area contributed by atoms with E-state index in [4.69, 9.17) is 4.18 Å². The summed E-state index contributed by atoms with van der Waals surface area (Å²) in [6.45, 7) is 12.0. The van der Waals surface area contributed by atoms with Gasteiger partial charge in [-0.1, -0.05) is 50.6 Å². The lowest BCUT2D eigenvalue weighted by atomic mass is 9.66. The summed E-state index contributed by atoms with van der Waals surface area (Å²) in [5.74, 6) is 0.432. The first kappa shape index (κ1) is 20.1. The minimum absolute atomic E-state index is 0.0299. The largest absolute Gasteiger partial charge is 0.390 e. The molecule has 3 fully saturated rings. The number of aliphatic hydroxyl groups is 2. The molecule has 3 aliphatic rings. The summed E-state index contributed by atoms with van der Waals surface area (Å²) in [4.78, 5) is 0.0299. The van der Waals surface area contributed by atoms with E-state index in [1.54, 1.807) is 12.1 Å². The molecule has 6 heteroatoms. The van der Waals surface area contributed by atoms with Crippen LogP contribution in [0.3, 0.4) is 0 Å². The molecule has 3 aliphatic carbocycles. The predicted molar refractivity (Wildman–Crippen MR) is 106 cm³/mol. The summed E-state index contributed by atoms with van der Waals surface area (Å²) in [5.41, 5.74) is 0.901. The van der Waals surface area contributed by atoms with E-state index < -0.39 is 39.3 Å². The molecule has 0 amide bonds. The topological polar surface area (TPSA) is 83.8 Å². The van der Waals surface area contributed by atoms with E-state index in [2.05, 4.69) is 6.58 Å². The maximum atomic E-state index is 12.9. The van der Waals surface area contributed by atoms with Crippen LogP contribution < -0.4 is 0 Å². The van der Waals surface area contributed by atoms with Crippen LogP contribution in [0.25, 0.3) is 0 Å². The second-order valence-electron chi connectivity index (χ2n) is 9.78. The summed E-state index contributed by atoms with van der Waals surface area (Å²) in [6, 6.07) is 6.39. The van der Waals surface area contributed by atoms with Gasteiger partial charge in [-0.2, -0.15) is 8.42 Å². The normalized spacial score (nSPS) is 41.9. The van der Waals surface area contributed by atoms with Gasteiger partial charge in [0.05, 0.1) is 17.1 Å². The lowest BCUT2D eigenvalue weighted by Gasteiger charge is -2.43. The molecule has 1 aromatic carbocycles. The zero-order valence-electron chi connectivity index (χ0n) is 16.9. The van der Waals surface area contributed by atoms with Gasteiger partial charge in [0, 0.05) is 5.41 Å². The van der Waals surface area contributed by atoms with Crippen LogP contribution in [0.1, 0.15) is 39.2 Å². The van der Waals surface area contributed by atoms with Gasteiger partial charge in [0.1, 0.15) is 6.10 Å². The first-order chi connectivity index (χ1) is 12.9. The Morgan fingerprint density at radius 1 is 1.11 bits per heavy atom. The molecule has 0 aromatic heterocycles. The smallest absolute Gasteiger partial charge is 0.297 e. The third-order valence-corrected chi connectivity index (χ3v) is 9.29. The quantitative estimate of drug-likeness (QED) is 0.595. The lowest BCUT2D eigenvalue weighted by molar-refractivity contribution is -0.127. The van der Waals surface area contributed by atoms with Crippen molar-refractivity contribution in [1.82, 2.24) is 0 Å². The highest BCUT2D eigenvalue weighted by Crippen LogP contribution is 2.70. The van der Waals surface area contributed by atoms with Gasteiger partial charge in [0.25, 0.3) is 10.1 Å². The van der Waals surface area contributed by atoms with Gasteiger partial charge >= 0.3 is 0 Å². The predicted octanol–water partition coefficient (Wildman–Crippen LogP) is 3.05. The first-order valence-corrected chi connectivity index (χ1v) is 11.3. The van der Waals surface area contributed by atoms with Gasteiger partial charge in [0.2, 0.25) is 0 Å². The summed E-state index contributed by atoms with van der Waals surface area (Å²) >= 11 is 0. The Balaban J connectivity index is 1.75. The van der Waals surface area contributed by atoms with Crippen LogP contribution in [0.4, 0.5) is 0 Å². The van der Waals surface area contributed by atoms with Gasteiger partial charge < -0.3 is 10.2 Å². The summed E-state index contributed by atoms with van der Waals surface area (Å²) in [6.07, 6.45) is -1.66. The molecular weight excluding hydrogens is 376 g/mol. The summed E-state index contributed by atoms with van der Waals surface area (Å²) in [5, 5.41) is 22.5. The molecular formula is C22H30O5S. The molecule has 7 atom stereocenters. The van der Waals surface area contributed by atoms with Crippen LogP contribution in [0.15, 0.2) is 41.3 Å². The Labute approximate surface area is 167 Å². The van der Waals surface area contributed by atoms with Gasteiger partial charge in [-0.25, -0.2) is 0 Å². The fourth-order valence-corrected chi connectivity index (χ4v) is 7.28. The summed E-state index contributed by atoms with van der Waals surface area (Å²) < 4.78 is 31.4. The van der Waals surface area contributed by atoms with E-state index in [0.717, 1.165) is 24.0 Å². The second kappa shape index (κ2) is 6.14. The maximum Gasteiger partial charge on any atom is 0.297 e. The first-order valence-electron chi connectivity index (χ1n) is 9.94. The number of aryl methyl sites for hydroxylation is 1. The lowest BCUT2D eigenvalue weighted by Crippen LogP contribution is -2.53. The SMILES string of the molecule is C=C1C[C@@H]2C[C@@H]3[C@H]1[C@@]2(C)[C@H](O)[C@H](OS(=O)(=O)c1ccc(C)cc1)[C@@H](O)C3(C)C. The molecule has 0 unspecified atom stereocenters. The fourth-order valence-electron chi connectivity index (χ4n) is 6.20. The van der Waals surface area contributed by atoms with Crippen LogP contribution >= 0.6 is 0 Å². The number of hydrogen-bond donors (Lipinski definition) is 2. The fraction of sp³-hybridized carbons (Fsp3) is 0.636. The average Bonchev–Trinajstić information content (AvgIpc) is 3.04. The highest BCUT2D eigenvalue weighted by atomic mass is 32.2. The van der Waals surface area contributed by atoms with Crippen molar-refractivity contribution in [1.29, 1.82) is 0 Å². The molecule has 0 saturated heterocycles. The monoisotopic (exact) mass is 406 g/mol. The van der Waals surface area contributed by atoms with Crippen LogP contribution in [-0.4, -0.2) is 36.9 Å². The van der Waals surface area contributed by atoms with E-state index in [1.807, 2.05) is 27.7 Å². The van der Waals surface area contributed by atoms with Crippen LogP contribution in [0, 0.1) is 35.5 Å². The molecule has 0 heterocycles. The Kier molecular flexibility index (Phi) is 4.41.